The number of carbonyl (C=O) groups is 2. The highest BCUT2D eigenvalue weighted by Gasteiger charge is 2.38. The molecule has 0 bridgehead atoms. The number of aryl methyl sites for hydroxylation is 2. The van der Waals surface area contributed by atoms with Crippen LogP contribution in [0.3, 0.4) is 0 Å². The zero-order valence-electron chi connectivity index (χ0n) is 14.6. The Hall–Kier alpha value is -2.53. The molecule has 2 amide bonds. The molecule has 0 spiro atoms. The first-order chi connectivity index (χ1) is 12.6. The van der Waals surface area contributed by atoms with Gasteiger partial charge in [-0.2, -0.15) is 0 Å². The van der Waals surface area contributed by atoms with Crippen molar-refractivity contribution in [2.75, 3.05) is 7.05 Å². The number of carbonyl (C=O) groups excluding carboxylic acids is 2. The molecule has 1 atom stereocenters. The number of amides is 2. The Bertz CT molecular complexity index is 965. The summed E-state index contributed by atoms with van der Waals surface area (Å²) in [4.78, 5) is 25.4. The summed E-state index contributed by atoms with van der Waals surface area (Å²) in [5.41, 5.74) is 3.39. The Labute approximate surface area is 156 Å². The van der Waals surface area contributed by atoms with E-state index in [-0.39, 0.29) is 11.1 Å². The van der Waals surface area contributed by atoms with Crippen LogP contribution in [0.2, 0.25) is 0 Å². The molecule has 1 aromatic heterocycles. The van der Waals surface area contributed by atoms with Gasteiger partial charge in [0.1, 0.15) is 5.25 Å². The van der Waals surface area contributed by atoms with Crippen molar-refractivity contribution in [3.8, 4) is 0 Å². The molecule has 0 radical (unpaired) electrons. The van der Waals surface area contributed by atoms with E-state index < -0.39 is 5.25 Å². The van der Waals surface area contributed by atoms with Crippen molar-refractivity contribution in [1.82, 2.24) is 9.47 Å². The molecule has 1 fully saturated rings. The molecule has 1 unspecified atom stereocenters. The third-order valence-electron chi connectivity index (χ3n) is 4.88. The van der Waals surface area contributed by atoms with E-state index in [1.165, 1.54) is 10.5 Å². The fraction of sp³-hybridized carbons (Fsp3) is 0.238. The quantitative estimate of drug-likeness (QED) is 0.662. The molecule has 0 N–H and O–H groups in total. The van der Waals surface area contributed by atoms with Gasteiger partial charge in [-0.1, -0.05) is 42.5 Å². The van der Waals surface area contributed by atoms with E-state index >= 15 is 0 Å². The van der Waals surface area contributed by atoms with E-state index in [0.29, 0.717) is 0 Å². The molecule has 1 aliphatic rings. The van der Waals surface area contributed by atoms with Crippen molar-refractivity contribution >= 4 is 33.8 Å². The third kappa shape index (κ3) is 3.03. The van der Waals surface area contributed by atoms with Crippen LogP contribution in [0.4, 0.5) is 4.79 Å². The van der Waals surface area contributed by atoms with Gasteiger partial charge in [0.2, 0.25) is 5.91 Å². The molecule has 0 saturated carbocycles. The van der Waals surface area contributed by atoms with E-state index in [1.54, 1.807) is 7.05 Å². The third-order valence-corrected chi connectivity index (χ3v) is 6.05. The average molecular weight is 364 g/mol. The van der Waals surface area contributed by atoms with Crippen LogP contribution < -0.4 is 0 Å². The molecular weight excluding hydrogens is 344 g/mol. The number of benzene rings is 2. The molecule has 4 rings (SSSR count). The Morgan fingerprint density at radius 3 is 2.54 bits per heavy atom. The summed E-state index contributed by atoms with van der Waals surface area (Å²) < 4.78 is 2.23. The molecule has 132 valence electrons. The van der Waals surface area contributed by atoms with Crippen LogP contribution in [0.5, 0.6) is 0 Å². The molecule has 5 heteroatoms. The minimum atomic E-state index is -0.434. The number of hydrogen-bond donors (Lipinski definition) is 0. The van der Waals surface area contributed by atoms with Crippen LogP contribution in [0.1, 0.15) is 22.8 Å². The van der Waals surface area contributed by atoms with Crippen molar-refractivity contribution in [3.05, 3.63) is 71.9 Å². The number of likely N-dealkylation sites (N-methyl/N-ethyl adjacent to an activating group) is 1. The Kier molecular flexibility index (Phi) is 4.55. The monoisotopic (exact) mass is 364 g/mol. The van der Waals surface area contributed by atoms with E-state index in [2.05, 4.69) is 47.2 Å². The van der Waals surface area contributed by atoms with Crippen LogP contribution in [-0.2, 0) is 17.8 Å². The molecule has 4 nitrogen and oxygen atoms in total. The second kappa shape index (κ2) is 7.00. The van der Waals surface area contributed by atoms with Gasteiger partial charge in [-0.05, 0) is 47.9 Å². The van der Waals surface area contributed by atoms with Crippen molar-refractivity contribution in [3.63, 3.8) is 0 Å². The van der Waals surface area contributed by atoms with E-state index in [0.717, 1.165) is 47.6 Å². The molecule has 26 heavy (non-hydrogen) atoms. The number of imide groups is 1. The predicted molar refractivity (Wildman–Crippen MR) is 105 cm³/mol. The van der Waals surface area contributed by atoms with Crippen molar-refractivity contribution in [2.24, 2.45) is 0 Å². The second-order valence-corrected chi connectivity index (χ2v) is 7.60. The van der Waals surface area contributed by atoms with Gasteiger partial charge in [0.05, 0.1) is 0 Å². The standard InChI is InChI=1S/C21H20N2O2S/c1-22-20(24)19(26-21(22)25)17-10-5-11-18-16(17)12-14-23(18)13-6-9-15-7-3-2-4-8-15/h2-5,7-8,10-12,14,19H,6,9,13H2,1H3. The van der Waals surface area contributed by atoms with E-state index in [9.17, 15) is 9.59 Å². The Balaban J connectivity index is 1.56. The van der Waals surface area contributed by atoms with Gasteiger partial charge >= 0.3 is 0 Å². The molecule has 1 saturated heterocycles. The largest absolute Gasteiger partial charge is 0.347 e. The van der Waals surface area contributed by atoms with Crippen LogP contribution in [0, 0.1) is 0 Å². The van der Waals surface area contributed by atoms with Crippen molar-refractivity contribution < 1.29 is 9.59 Å². The van der Waals surface area contributed by atoms with Crippen molar-refractivity contribution in [2.45, 2.75) is 24.6 Å². The maximum Gasteiger partial charge on any atom is 0.289 e. The maximum absolute atomic E-state index is 12.4. The zero-order chi connectivity index (χ0) is 18.1. The minimum absolute atomic E-state index is 0.135. The molecular formula is C21H20N2O2S. The molecule has 1 aliphatic heterocycles. The number of hydrogen-bond acceptors (Lipinski definition) is 3. The summed E-state index contributed by atoms with van der Waals surface area (Å²) in [7, 11) is 1.55. The fourth-order valence-corrected chi connectivity index (χ4v) is 4.50. The van der Waals surface area contributed by atoms with E-state index in [4.69, 9.17) is 0 Å². The molecule has 0 aliphatic carbocycles. The smallest absolute Gasteiger partial charge is 0.289 e. The van der Waals surface area contributed by atoms with Gasteiger partial charge in [0.15, 0.2) is 0 Å². The SMILES string of the molecule is CN1C(=O)SC(c2cccc3c2ccn3CCCc2ccccc2)C1=O. The highest BCUT2D eigenvalue weighted by atomic mass is 32.2. The topological polar surface area (TPSA) is 42.3 Å². The average Bonchev–Trinajstić information content (AvgIpc) is 3.19. The first-order valence-electron chi connectivity index (χ1n) is 8.75. The summed E-state index contributed by atoms with van der Waals surface area (Å²) in [6.45, 7) is 0.923. The van der Waals surface area contributed by atoms with Crippen LogP contribution in [-0.4, -0.2) is 27.7 Å². The highest BCUT2D eigenvalue weighted by Crippen LogP contribution is 2.41. The molecule has 2 heterocycles. The lowest BCUT2D eigenvalue weighted by atomic mass is 10.1. The molecule has 2 aromatic carbocycles. The number of aromatic nitrogens is 1. The summed E-state index contributed by atoms with van der Waals surface area (Å²) in [6, 6.07) is 18.6. The van der Waals surface area contributed by atoms with Crippen LogP contribution in [0.15, 0.2) is 60.8 Å². The van der Waals surface area contributed by atoms with Gasteiger partial charge in [-0.3, -0.25) is 14.5 Å². The lowest BCUT2D eigenvalue weighted by Crippen LogP contribution is -2.24. The predicted octanol–water partition coefficient (Wildman–Crippen LogP) is 4.64. The van der Waals surface area contributed by atoms with Gasteiger partial charge in [0.25, 0.3) is 5.24 Å². The van der Waals surface area contributed by atoms with Gasteiger partial charge in [0, 0.05) is 30.7 Å². The van der Waals surface area contributed by atoms with Crippen LogP contribution >= 0.6 is 11.8 Å². The van der Waals surface area contributed by atoms with Crippen LogP contribution in [0.25, 0.3) is 10.9 Å². The summed E-state index contributed by atoms with van der Waals surface area (Å²) in [6.07, 6.45) is 4.17. The first kappa shape index (κ1) is 16.9. The summed E-state index contributed by atoms with van der Waals surface area (Å²) in [5, 5.41) is 0.442. The number of rotatable bonds is 5. The second-order valence-electron chi connectivity index (χ2n) is 6.54. The summed E-state index contributed by atoms with van der Waals surface area (Å²) >= 11 is 1.10. The fourth-order valence-electron chi connectivity index (χ4n) is 3.46. The first-order valence-corrected chi connectivity index (χ1v) is 9.63. The minimum Gasteiger partial charge on any atom is -0.347 e. The highest BCUT2D eigenvalue weighted by molar-refractivity contribution is 8.15. The lowest BCUT2D eigenvalue weighted by molar-refractivity contribution is -0.125. The van der Waals surface area contributed by atoms with Gasteiger partial charge in [-0.25, -0.2) is 0 Å². The lowest BCUT2D eigenvalue weighted by Gasteiger charge is -2.11. The molecule has 3 aromatic rings. The summed E-state index contributed by atoms with van der Waals surface area (Å²) in [5.74, 6) is -0.135. The Morgan fingerprint density at radius 1 is 1.00 bits per heavy atom. The maximum atomic E-state index is 12.4. The Morgan fingerprint density at radius 2 is 1.81 bits per heavy atom. The number of nitrogens with zero attached hydrogens (tertiary/aromatic N) is 2. The normalized spacial score (nSPS) is 17.4. The number of fused-ring (bicyclic) bond motifs is 1. The van der Waals surface area contributed by atoms with E-state index in [1.807, 2.05) is 18.2 Å². The zero-order valence-corrected chi connectivity index (χ0v) is 15.4. The van der Waals surface area contributed by atoms with Crippen molar-refractivity contribution in [1.29, 1.82) is 0 Å². The van der Waals surface area contributed by atoms with Gasteiger partial charge in [-0.15, -0.1) is 0 Å². The van der Waals surface area contributed by atoms with Gasteiger partial charge < -0.3 is 4.57 Å². The number of thioether (sulfide) groups is 1.